The van der Waals surface area contributed by atoms with E-state index in [0.29, 0.717) is 22.8 Å². The van der Waals surface area contributed by atoms with E-state index >= 15 is 0 Å². The van der Waals surface area contributed by atoms with Crippen LogP contribution in [0.4, 0.5) is 0 Å². The van der Waals surface area contributed by atoms with Crippen molar-refractivity contribution >= 4 is 21.4 Å². The molecule has 11 heteroatoms. The topological polar surface area (TPSA) is 124 Å². The molecular weight excluding hydrogens is 446 g/mol. The number of aromatic nitrogens is 2. The summed E-state index contributed by atoms with van der Waals surface area (Å²) < 4.78 is 29.1. The Morgan fingerprint density at radius 1 is 1.06 bits per heavy atom. The smallest absolute Gasteiger partial charge is 0.294 e. The third-order valence-electron chi connectivity index (χ3n) is 4.41. The van der Waals surface area contributed by atoms with Gasteiger partial charge in [0.2, 0.25) is 0 Å². The minimum Gasteiger partial charge on any atom is -0.375 e. The van der Waals surface area contributed by atoms with Crippen molar-refractivity contribution in [2.45, 2.75) is 17.9 Å². The Balaban J connectivity index is 1.86. The highest BCUT2D eigenvalue weighted by atomic mass is 35.5. The second kappa shape index (κ2) is 9.90. The van der Waals surface area contributed by atoms with Crippen molar-refractivity contribution in [3.8, 4) is 22.4 Å². The number of aromatic amines is 1. The lowest BCUT2D eigenvalue weighted by atomic mass is 9.99. The van der Waals surface area contributed by atoms with Gasteiger partial charge in [-0.1, -0.05) is 35.9 Å². The normalized spacial score (nSPS) is 11.4. The van der Waals surface area contributed by atoms with Crippen LogP contribution in [0.25, 0.3) is 22.4 Å². The Morgan fingerprint density at radius 3 is 2.32 bits per heavy atom. The van der Waals surface area contributed by atoms with Crippen LogP contribution in [0.5, 0.6) is 0 Å². The molecule has 0 saturated heterocycles. The fraction of sp³-hybridized carbons (Fsp3) is 0.250. The zero-order valence-corrected chi connectivity index (χ0v) is 18.1. The molecule has 0 fully saturated rings. The Bertz CT molecular complexity index is 1140. The molecule has 0 aliphatic carbocycles. The highest BCUT2D eigenvalue weighted by Crippen LogP contribution is 2.34. The predicted octanol–water partition coefficient (Wildman–Crippen LogP) is 3.92. The number of halogens is 1. The number of nitrogens with zero attached hydrogens (tertiary/aromatic N) is 2. The number of sulfone groups is 1. The predicted molar refractivity (Wildman–Crippen MR) is 115 cm³/mol. The first-order valence-corrected chi connectivity index (χ1v) is 11.5. The van der Waals surface area contributed by atoms with Gasteiger partial charge in [0.25, 0.3) is 5.09 Å². The summed E-state index contributed by atoms with van der Waals surface area (Å²) in [6.45, 7) is 0.425. The van der Waals surface area contributed by atoms with Crippen LogP contribution in [0.1, 0.15) is 12.1 Å². The molecule has 0 unspecified atom stereocenters. The monoisotopic (exact) mass is 465 g/mol. The summed E-state index contributed by atoms with van der Waals surface area (Å²) in [5.41, 5.74) is 3.73. The first-order chi connectivity index (χ1) is 14.8. The van der Waals surface area contributed by atoms with Gasteiger partial charge in [-0.3, -0.25) is 5.10 Å². The van der Waals surface area contributed by atoms with Gasteiger partial charge in [-0.25, -0.2) is 8.42 Å². The highest BCUT2D eigenvalue weighted by Gasteiger charge is 2.18. The molecule has 1 N–H and O–H groups in total. The standard InChI is InChI=1S/C20H20ClN3O6S/c1-31(27,28)17-9-5-15(6-10-17)20-19(14-3-7-16(21)8-4-14)18(22-23-20)13-29-11-2-12-30-24(25)26/h3-10H,2,11-13H2,1H3,(H,22,23). The van der Waals surface area contributed by atoms with E-state index < -0.39 is 14.9 Å². The summed E-state index contributed by atoms with van der Waals surface area (Å²) in [6, 6.07) is 13.7. The zero-order chi connectivity index (χ0) is 22.4. The van der Waals surface area contributed by atoms with E-state index in [9.17, 15) is 18.5 Å². The van der Waals surface area contributed by atoms with E-state index in [0.717, 1.165) is 22.9 Å². The highest BCUT2D eigenvalue weighted by molar-refractivity contribution is 7.90. The molecule has 0 atom stereocenters. The molecule has 2 aromatic carbocycles. The Hall–Kier alpha value is -2.95. The van der Waals surface area contributed by atoms with Gasteiger partial charge >= 0.3 is 0 Å². The summed E-state index contributed by atoms with van der Waals surface area (Å²) in [6.07, 6.45) is 1.52. The summed E-state index contributed by atoms with van der Waals surface area (Å²) >= 11 is 6.02. The average molecular weight is 466 g/mol. The van der Waals surface area contributed by atoms with Crippen LogP contribution in [-0.2, 0) is 26.0 Å². The minimum atomic E-state index is -3.30. The lowest BCUT2D eigenvalue weighted by Gasteiger charge is -2.08. The molecular formula is C20H20ClN3O6S. The summed E-state index contributed by atoms with van der Waals surface area (Å²) in [5.74, 6) is 0. The lowest BCUT2D eigenvalue weighted by Crippen LogP contribution is -2.05. The maximum absolute atomic E-state index is 11.7. The molecule has 164 valence electrons. The fourth-order valence-electron chi connectivity index (χ4n) is 2.95. The number of benzene rings is 2. The van der Waals surface area contributed by atoms with Crippen LogP contribution in [-0.4, -0.2) is 43.2 Å². The second-order valence-electron chi connectivity index (χ2n) is 6.69. The van der Waals surface area contributed by atoms with Gasteiger partial charge in [-0.15, -0.1) is 10.1 Å². The fourth-order valence-corrected chi connectivity index (χ4v) is 3.71. The summed E-state index contributed by atoms with van der Waals surface area (Å²) in [5, 5.41) is 17.3. The number of H-pyrrole nitrogens is 1. The average Bonchev–Trinajstić information content (AvgIpc) is 3.14. The Morgan fingerprint density at radius 2 is 1.71 bits per heavy atom. The van der Waals surface area contributed by atoms with E-state index in [1.165, 1.54) is 12.1 Å². The molecule has 0 aliphatic heterocycles. The maximum Gasteiger partial charge on any atom is 0.294 e. The molecule has 0 amide bonds. The van der Waals surface area contributed by atoms with Crippen molar-refractivity contribution < 1.29 is 23.1 Å². The largest absolute Gasteiger partial charge is 0.375 e. The summed E-state index contributed by atoms with van der Waals surface area (Å²) in [7, 11) is -3.30. The molecule has 0 saturated carbocycles. The van der Waals surface area contributed by atoms with Crippen molar-refractivity contribution in [3.63, 3.8) is 0 Å². The van der Waals surface area contributed by atoms with Crippen LogP contribution < -0.4 is 0 Å². The molecule has 0 bridgehead atoms. The van der Waals surface area contributed by atoms with Crippen LogP contribution >= 0.6 is 11.6 Å². The van der Waals surface area contributed by atoms with Gasteiger partial charge in [-0.2, -0.15) is 5.10 Å². The van der Waals surface area contributed by atoms with Gasteiger partial charge in [0.05, 0.1) is 23.8 Å². The Kier molecular flexibility index (Phi) is 7.26. The molecule has 31 heavy (non-hydrogen) atoms. The van der Waals surface area contributed by atoms with Crippen LogP contribution in [0, 0.1) is 10.1 Å². The van der Waals surface area contributed by atoms with Gasteiger partial charge < -0.3 is 9.57 Å². The van der Waals surface area contributed by atoms with Crippen molar-refractivity contribution in [3.05, 3.63) is 69.4 Å². The molecule has 0 radical (unpaired) electrons. The molecule has 3 aromatic rings. The van der Waals surface area contributed by atoms with Gasteiger partial charge in [0.15, 0.2) is 9.84 Å². The molecule has 3 rings (SSSR count). The third kappa shape index (κ3) is 6.03. The number of ether oxygens (including phenoxy) is 1. The van der Waals surface area contributed by atoms with Crippen LogP contribution in [0.3, 0.4) is 0 Å². The number of nitrogens with one attached hydrogen (secondary N) is 1. The molecule has 1 aromatic heterocycles. The van der Waals surface area contributed by atoms with E-state index in [1.807, 2.05) is 12.1 Å². The first kappa shape index (κ1) is 22.7. The first-order valence-electron chi connectivity index (χ1n) is 9.24. The minimum absolute atomic E-state index is 0.0437. The van der Waals surface area contributed by atoms with Crippen molar-refractivity contribution in [2.24, 2.45) is 0 Å². The van der Waals surface area contributed by atoms with Crippen molar-refractivity contribution in [1.29, 1.82) is 0 Å². The van der Waals surface area contributed by atoms with E-state index in [-0.39, 0.29) is 24.7 Å². The molecule has 0 aliphatic rings. The summed E-state index contributed by atoms with van der Waals surface area (Å²) in [4.78, 5) is 14.7. The lowest BCUT2D eigenvalue weighted by molar-refractivity contribution is -0.757. The van der Waals surface area contributed by atoms with Gasteiger partial charge in [-0.05, 0) is 36.2 Å². The number of rotatable bonds is 10. The number of hydrogen-bond donors (Lipinski definition) is 1. The quantitative estimate of drug-likeness (QED) is 0.273. The van der Waals surface area contributed by atoms with E-state index in [4.69, 9.17) is 16.3 Å². The van der Waals surface area contributed by atoms with Crippen LogP contribution in [0.2, 0.25) is 5.02 Å². The van der Waals surface area contributed by atoms with Gasteiger partial charge in [0, 0.05) is 29.0 Å². The van der Waals surface area contributed by atoms with Gasteiger partial charge in [0.1, 0.15) is 5.69 Å². The Labute approximate surface area is 184 Å². The van der Waals surface area contributed by atoms with E-state index in [2.05, 4.69) is 15.0 Å². The van der Waals surface area contributed by atoms with Crippen molar-refractivity contribution in [1.82, 2.24) is 10.2 Å². The maximum atomic E-state index is 11.7. The molecule has 0 spiro atoms. The molecule has 9 nitrogen and oxygen atoms in total. The van der Waals surface area contributed by atoms with E-state index in [1.54, 1.807) is 24.3 Å². The van der Waals surface area contributed by atoms with Crippen LogP contribution in [0.15, 0.2) is 53.4 Å². The second-order valence-corrected chi connectivity index (χ2v) is 9.14. The number of hydrogen-bond acceptors (Lipinski definition) is 7. The molecule has 1 heterocycles. The zero-order valence-electron chi connectivity index (χ0n) is 16.6. The van der Waals surface area contributed by atoms with Crippen molar-refractivity contribution in [2.75, 3.05) is 19.5 Å². The SMILES string of the molecule is CS(=O)(=O)c1ccc(-c2n[nH]c(COCCCO[N+](=O)[O-])c2-c2ccc(Cl)cc2)cc1. The third-order valence-corrected chi connectivity index (χ3v) is 5.79.